The van der Waals surface area contributed by atoms with Gasteiger partial charge in [0.15, 0.2) is 0 Å². The third kappa shape index (κ3) is 5.76. The molecule has 0 aromatic rings. The summed E-state index contributed by atoms with van der Waals surface area (Å²) in [6.45, 7) is 5.32. The van der Waals surface area contributed by atoms with Gasteiger partial charge in [0.05, 0.1) is 6.61 Å². The Morgan fingerprint density at radius 3 is 2.38 bits per heavy atom. The van der Waals surface area contributed by atoms with Gasteiger partial charge >= 0.3 is 0 Å². The van der Waals surface area contributed by atoms with Gasteiger partial charge in [-0.25, -0.2) is 4.72 Å². The van der Waals surface area contributed by atoms with E-state index in [1.807, 2.05) is 0 Å². The number of nitrogens with zero attached hydrogens (tertiary/aromatic N) is 1. The number of nitrogens with one attached hydrogen (secondary N) is 1. The summed E-state index contributed by atoms with van der Waals surface area (Å²) in [7, 11) is -1.78. The zero-order valence-corrected chi connectivity index (χ0v) is 11.1. The van der Waals surface area contributed by atoms with Crippen molar-refractivity contribution in [1.29, 1.82) is 0 Å². The van der Waals surface area contributed by atoms with Gasteiger partial charge in [-0.2, -0.15) is 12.7 Å². The van der Waals surface area contributed by atoms with Crippen molar-refractivity contribution in [2.45, 2.75) is 26.3 Å². The van der Waals surface area contributed by atoms with Crippen LogP contribution in [0.25, 0.3) is 0 Å². The molecule has 7 heteroatoms. The normalized spacial score (nSPS) is 14.3. The van der Waals surface area contributed by atoms with Gasteiger partial charge in [0.1, 0.15) is 0 Å². The summed E-state index contributed by atoms with van der Waals surface area (Å²) in [5, 5.41) is 0. The van der Waals surface area contributed by atoms with Gasteiger partial charge in [0.25, 0.3) is 10.2 Å². The van der Waals surface area contributed by atoms with Gasteiger partial charge < -0.3 is 10.5 Å². The van der Waals surface area contributed by atoms with Crippen LogP contribution in [0.2, 0.25) is 0 Å². The van der Waals surface area contributed by atoms with Crippen LogP contribution < -0.4 is 10.5 Å². The standard InChI is InChI=1S/C9H23N3O3S/c1-4-12(5-2)16(13,14)11-7-6-9(10)8-15-3/h9,11H,4-8,10H2,1-3H3. The first-order valence-corrected chi connectivity index (χ1v) is 6.91. The Hall–Kier alpha value is -0.210. The fourth-order valence-corrected chi connectivity index (χ4v) is 2.56. The highest BCUT2D eigenvalue weighted by Gasteiger charge is 2.17. The van der Waals surface area contributed by atoms with E-state index in [2.05, 4.69) is 4.72 Å². The molecule has 0 radical (unpaired) electrons. The molecule has 0 saturated carbocycles. The molecule has 0 fully saturated rings. The van der Waals surface area contributed by atoms with Crippen LogP contribution in [0.3, 0.4) is 0 Å². The second-order valence-electron chi connectivity index (χ2n) is 3.49. The summed E-state index contributed by atoms with van der Waals surface area (Å²) in [5.74, 6) is 0. The summed E-state index contributed by atoms with van der Waals surface area (Å²) in [6.07, 6.45) is 0.564. The summed E-state index contributed by atoms with van der Waals surface area (Å²) in [5.41, 5.74) is 5.68. The van der Waals surface area contributed by atoms with Crippen molar-refractivity contribution in [2.24, 2.45) is 5.73 Å². The molecule has 1 atom stereocenters. The number of ether oxygens (including phenoxy) is 1. The van der Waals surface area contributed by atoms with Crippen LogP contribution in [0.5, 0.6) is 0 Å². The molecule has 0 spiro atoms. The molecule has 0 aromatic carbocycles. The molecule has 3 N–H and O–H groups in total. The molecule has 0 heterocycles. The lowest BCUT2D eigenvalue weighted by Gasteiger charge is -2.19. The second kappa shape index (κ2) is 7.97. The van der Waals surface area contributed by atoms with E-state index >= 15 is 0 Å². The van der Waals surface area contributed by atoms with Gasteiger partial charge in [-0.3, -0.25) is 0 Å². The maximum atomic E-state index is 11.7. The van der Waals surface area contributed by atoms with E-state index in [1.165, 1.54) is 4.31 Å². The summed E-state index contributed by atoms with van der Waals surface area (Å²) >= 11 is 0. The van der Waals surface area contributed by atoms with Crippen LogP contribution >= 0.6 is 0 Å². The van der Waals surface area contributed by atoms with Crippen LogP contribution in [-0.4, -0.2) is 52.1 Å². The number of rotatable bonds is 9. The van der Waals surface area contributed by atoms with Gasteiger partial charge in [0, 0.05) is 32.8 Å². The zero-order chi connectivity index (χ0) is 12.6. The zero-order valence-electron chi connectivity index (χ0n) is 10.3. The Balaban J connectivity index is 4.00. The summed E-state index contributed by atoms with van der Waals surface area (Å²) < 4.78 is 32.1. The van der Waals surface area contributed by atoms with Crippen molar-refractivity contribution in [1.82, 2.24) is 9.03 Å². The van der Waals surface area contributed by atoms with Gasteiger partial charge in [-0.1, -0.05) is 13.8 Å². The highest BCUT2D eigenvalue weighted by atomic mass is 32.2. The van der Waals surface area contributed by atoms with Crippen molar-refractivity contribution < 1.29 is 13.2 Å². The summed E-state index contributed by atoms with van der Waals surface area (Å²) in [6, 6.07) is -0.135. The average molecular weight is 253 g/mol. The maximum absolute atomic E-state index is 11.7. The average Bonchev–Trinajstić information content (AvgIpc) is 2.19. The topological polar surface area (TPSA) is 84.7 Å². The van der Waals surface area contributed by atoms with Crippen molar-refractivity contribution >= 4 is 10.2 Å². The molecular weight excluding hydrogens is 230 g/mol. The highest BCUT2D eigenvalue weighted by Crippen LogP contribution is 1.97. The van der Waals surface area contributed by atoms with E-state index in [0.29, 0.717) is 32.7 Å². The fraction of sp³-hybridized carbons (Fsp3) is 1.00. The van der Waals surface area contributed by atoms with E-state index in [4.69, 9.17) is 10.5 Å². The molecule has 0 bridgehead atoms. The number of hydrogen-bond acceptors (Lipinski definition) is 4. The highest BCUT2D eigenvalue weighted by molar-refractivity contribution is 7.87. The second-order valence-corrected chi connectivity index (χ2v) is 5.24. The minimum Gasteiger partial charge on any atom is -0.383 e. The van der Waals surface area contributed by atoms with Crippen molar-refractivity contribution in [3.63, 3.8) is 0 Å². The molecule has 98 valence electrons. The predicted octanol–water partition coefficient (Wildman–Crippen LogP) is -0.474. The fourth-order valence-electron chi connectivity index (χ4n) is 1.33. The van der Waals surface area contributed by atoms with Crippen LogP contribution in [-0.2, 0) is 14.9 Å². The van der Waals surface area contributed by atoms with Crippen LogP contribution in [0.15, 0.2) is 0 Å². The molecule has 0 aliphatic rings. The van der Waals surface area contributed by atoms with Crippen molar-refractivity contribution in [2.75, 3.05) is 33.4 Å². The monoisotopic (exact) mass is 253 g/mol. The third-order valence-electron chi connectivity index (χ3n) is 2.23. The van der Waals surface area contributed by atoms with Gasteiger partial charge in [0.2, 0.25) is 0 Å². The minimum absolute atomic E-state index is 0.135. The maximum Gasteiger partial charge on any atom is 0.279 e. The van der Waals surface area contributed by atoms with Crippen molar-refractivity contribution in [3.8, 4) is 0 Å². The lowest BCUT2D eigenvalue weighted by Crippen LogP contribution is -2.42. The Labute approximate surface area is 98.3 Å². The molecule has 0 aromatic heterocycles. The summed E-state index contributed by atoms with van der Waals surface area (Å²) in [4.78, 5) is 0. The molecule has 0 aliphatic heterocycles. The van der Waals surface area contributed by atoms with Gasteiger partial charge in [-0.15, -0.1) is 0 Å². The van der Waals surface area contributed by atoms with Crippen LogP contribution in [0.4, 0.5) is 0 Å². The third-order valence-corrected chi connectivity index (χ3v) is 3.99. The Morgan fingerprint density at radius 1 is 1.38 bits per heavy atom. The first-order chi connectivity index (χ1) is 7.47. The lowest BCUT2D eigenvalue weighted by molar-refractivity contribution is 0.177. The molecular formula is C9H23N3O3S. The van der Waals surface area contributed by atoms with Gasteiger partial charge in [-0.05, 0) is 6.42 Å². The number of hydrogen-bond donors (Lipinski definition) is 2. The molecule has 0 saturated heterocycles. The number of methoxy groups -OCH3 is 1. The molecule has 1 unspecified atom stereocenters. The van der Waals surface area contributed by atoms with Crippen LogP contribution in [0.1, 0.15) is 20.3 Å². The Morgan fingerprint density at radius 2 is 1.94 bits per heavy atom. The van der Waals surface area contributed by atoms with E-state index in [-0.39, 0.29) is 6.04 Å². The largest absolute Gasteiger partial charge is 0.383 e. The predicted molar refractivity (Wildman–Crippen MR) is 64.3 cm³/mol. The van der Waals surface area contributed by atoms with Crippen molar-refractivity contribution in [3.05, 3.63) is 0 Å². The minimum atomic E-state index is -3.35. The molecule has 6 nitrogen and oxygen atoms in total. The Kier molecular flexibility index (Phi) is 7.86. The van der Waals surface area contributed by atoms with E-state index in [0.717, 1.165) is 0 Å². The smallest absolute Gasteiger partial charge is 0.279 e. The molecule has 0 amide bonds. The first kappa shape index (κ1) is 15.8. The Bertz CT molecular complexity index is 265. The molecule has 0 rings (SSSR count). The quantitative estimate of drug-likeness (QED) is 0.581. The molecule has 0 aliphatic carbocycles. The van der Waals surface area contributed by atoms with E-state index in [1.54, 1.807) is 21.0 Å². The molecule has 16 heavy (non-hydrogen) atoms. The SMILES string of the molecule is CCN(CC)S(=O)(=O)NCCC(N)COC. The van der Waals surface area contributed by atoms with E-state index in [9.17, 15) is 8.42 Å². The number of nitrogens with two attached hydrogens (primary N) is 1. The van der Waals surface area contributed by atoms with E-state index < -0.39 is 10.2 Å². The lowest BCUT2D eigenvalue weighted by atomic mass is 10.2. The first-order valence-electron chi connectivity index (χ1n) is 5.47. The van der Waals surface area contributed by atoms with Crippen LogP contribution in [0, 0.1) is 0 Å².